The normalized spacial score (nSPS) is 11.7. The fourth-order valence-corrected chi connectivity index (χ4v) is 4.77. The second-order valence-electron chi connectivity index (χ2n) is 6.87. The van der Waals surface area contributed by atoms with Crippen molar-refractivity contribution in [1.82, 2.24) is 9.13 Å². The third-order valence-corrected chi connectivity index (χ3v) is 6.64. The fraction of sp³-hybridized carbons (Fsp3) is 0.300. The highest BCUT2D eigenvalue weighted by atomic mass is 32.2. The largest absolute Gasteiger partial charge is 0.328 e. The lowest BCUT2D eigenvalue weighted by molar-refractivity contribution is 0.102. The van der Waals surface area contributed by atoms with Crippen molar-refractivity contribution < 1.29 is 17.6 Å². The number of fused-ring (bicyclic) bond motifs is 1. The Balaban J connectivity index is 2.17. The Morgan fingerprint density at radius 1 is 1.10 bits per heavy atom. The van der Waals surface area contributed by atoms with Gasteiger partial charge in [0.25, 0.3) is 5.91 Å². The monoisotopic (exact) mass is 419 g/mol. The number of carbonyl (C=O) groups is 1. The molecule has 0 radical (unpaired) electrons. The molecule has 29 heavy (non-hydrogen) atoms. The number of carbonyl (C=O) groups excluding carboxylic acids is 1. The minimum atomic E-state index is -3.71. The molecule has 0 unspecified atom stereocenters. The van der Waals surface area contributed by atoms with Gasteiger partial charge in [-0.05, 0) is 36.8 Å². The third kappa shape index (κ3) is 3.95. The SMILES string of the molecule is CCCCS(=O)(=O)c1cc2c(cc1NC(=O)c1cccc(F)c1)n(C)c(=O)n2C. The van der Waals surface area contributed by atoms with E-state index in [1.54, 1.807) is 14.1 Å². The second-order valence-corrected chi connectivity index (χ2v) is 8.95. The molecule has 1 N–H and O–H groups in total. The molecule has 0 saturated heterocycles. The summed E-state index contributed by atoms with van der Waals surface area (Å²) in [6.07, 6.45) is 1.15. The van der Waals surface area contributed by atoms with E-state index in [1.807, 2.05) is 6.92 Å². The molecule has 0 aliphatic carbocycles. The van der Waals surface area contributed by atoms with E-state index < -0.39 is 21.6 Å². The first-order valence-electron chi connectivity index (χ1n) is 9.15. The lowest BCUT2D eigenvalue weighted by Crippen LogP contribution is -2.19. The first kappa shape index (κ1) is 20.8. The van der Waals surface area contributed by atoms with Crippen molar-refractivity contribution in [3.8, 4) is 0 Å². The Bertz CT molecular complexity index is 1260. The average Bonchev–Trinajstić information content (AvgIpc) is 2.89. The molecule has 154 valence electrons. The molecule has 0 atom stereocenters. The zero-order valence-electron chi connectivity index (χ0n) is 16.4. The van der Waals surface area contributed by atoms with Crippen LogP contribution in [0.5, 0.6) is 0 Å². The molecule has 2 aromatic carbocycles. The van der Waals surface area contributed by atoms with Gasteiger partial charge in [-0.1, -0.05) is 19.4 Å². The number of aryl methyl sites for hydroxylation is 2. The van der Waals surface area contributed by atoms with Crippen LogP contribution in [0, 0.1) is 5.82 Å². The zero-order valence-corrected chi connectivity index (χ0v) is 17.2. The highest BCUT2D eigenvalue weighted by Crippen LogP contribution is 2.29. The molecule has 3 aromatic rings. The van der Waals surface area contributed by atoms with Gasteiger partial charge in [-0.3, -0.25) is 13.9 Å². The molecular formula is C20H22FN3O4S. The van der Waals surface area contributed by atoms with Gasteiger partial charge in [0.1, 0.15) is 5.82 Å². The fourth-order valence-electron chi connectivity index (χ4n) is 3.15. The molecule has 0 aliphatic heterocycles. The number of benzene rings is 2. The number of halogens is 1. The third-order valence-electron chi connectivity index (χ3n) is 4.81. The van der Waals surface area contributed by atoms with Crippen LogP contribution in [0.1, 0.15) is 30.1 Å². The first-order valence-corrected chi connectivity index (χ1v) is 10.8. The number of sulfone groups is 1. The second kappa shape index (κ2) is 7.82. The van der Waals surface area contributed by atoms with Gasteiger partial charge >= 0.3 is 5.69 Å². The Morgan fingerprint density at radius 3 is 2.38 bits per heavy atom. The Kier molecular flexibility index (Phi) is 5.61. The smallest absolute Gasteiger partial charge is 0.321 e. The van der Waals surface area contributed by atoms with E-state index in [0.717, 1.165) is 6.07 Å². The van der Waals surface area contributed by atoms with Crippen LogP contribution in [-0.2, 0) is 23.9 Å². The molecule has 1 aromatic heterocycles. The van der Waals surface area contributed by atoms with Crippen molar-refractivity contribution in [2.45, 2.75) is 24.7 Å². The van der Waals surface area contributed by atoms with Crippen LogP contribution in [0.2, 0.25) is 0 Å². The minimum absolute atomic E-state index is 0.0592. The number of hydrogen-bond acceptors (Lipinski definition) is 4. The highest BCUT2D eigenvalue weighted by Gasteiger charge is 2.23. The lowest BCUT2D eigenvalue weighted by atomic mass is 10.2. The Morgan fingerprint density at radius 2 is 1.76 bits per heavy atom. The summed E-state index contributed by atoms with van der Waals surface area (Å²) in [5.74, 6) is -1.30. The van der Waals surface area contributed by atoms with E-state index in [0.29, 0.717) is 23.9 Å². The minimum Gasteiger partial charge on any atom is -0.321 e. The maximum Gasteiger partial charge on any atom is 0.328 e. The molecule has 0 spiro atoms. The van der Waals surface area contributed by atoms with Gasteiger partial charge in [-0.25, -0.2) is 17.6 Å². The van der Waals surface area contributed by atoms with Gasteiger partial charge in [-0.15, -0.1) is 0 Å². The number of imidazole rings is 1. The Hall–Kier alpha value is -2.94. The van der Waals surface area contributed by atoms with Gasteiger partial charge in [0.15, 0.2) is 9.84 Å². The van der Waals surface area contributed by atoms with Crippen molar-refractivity contribution in [2.24, 2.45) is 14.1 Å². The van der Waals surface area contributed by atoms with E-state index in [2.05, 4.69) is 5.32 Å². The molecule has 1 amide bonds. The summed E-state index contributed by atoms with van der Waals surface area (Å²) in [6, 6.07) is 7.98. The molecule has 9 heteroatoms. The molecule has 0 fully saturated rings. The predicted molar refractivity (Wildman–Crippen MR) is 109 cm³/mol. The summed E-state index contributed by atoms with van der Waals surface area (Å²) < 4.78 is 42.0. The van der Waals surface area contributed by atoms with Gasteiger partial charge in [0.05, 0.1) is 27.4 Å². The van der Waals surface area contributed by atoms with Crippen LogP contribution in [0.3, 0.4) is 0 Å². The van der Waals surface area contributed by atoms with Crippen LogP contribution >= 0.6 is 0 Å². The van der Waals surface area contributed by atoms with Crippen LogP contribution in [0.15, 0.2) is 46.1 Å². The number of nitrogens with one attached hydrogen (secondary N) is 1. The van der Waals surface area contributed by atoms with E-state index in [9.17, 15) is 22.4 Å². The van der Waals surface area contributed by atoms with Crippen LogP contribution in [0.4, 0.5) is 10.1 Å². The van der Waals surface area contributed by atoms with Gasteiger partial charge < -0.3 is 5.32 Å². The van der Waals surface area contributed by atoms with E-state index in [4.69, 9.17) is 0 Å². The van der Waals surface area contributed by atoms with Crippen LogP contribution in [0.25, 0.3) is 11.0 Å². The number of amides is 1. The summed E-state index contributed by atoms with van der Waals surface area (Å²) in [7, 11) is -0.597. The standard InChI is InChI=1S/C20H22FN3O4S/c1-4-5-9-29(27,28)18-12-17-16(23(2)20(26)24(17)3)11-15(18)22-19(25)13-7-6-8-14(21)10-13/h6-8,10-12H,4-5,9H2,1-3H3,(H,22,25). The molecular weight excluding hydrogens is 397 g/mol. The highest BCUT2D eigenvalue weighted by molar-refractivity contribution is 7.91. The number of hydrogen-bond donors (Lipinski definition) is 1. The number of rotatable bonds is 6. The van der Waals surface area contributed by atoms with E-state index >= 15 is 0 Å². The summed E-state index contributed by atoms with van der Waals surface area (Å²) in [5, 5.41) is 2.58. The molecule has 0 saturated carbocycles. The number of unbranched alkanes of at least 4 members (excludes halogenated alkanes) is 1. The van der Waals surface area contributed by atoms with Crippen LogP contribution in [-0.4, -0.2) is 29.2 Å². The molecule has 0 aliphatic rings. The van der Waals surface area contributed by atoms with Gasteiger partial charge in [-0.2, -0.15) is 0 Å². The summed E-state index contributed by atoms with van der Waals surface area (Å²) in [5.41, 5.74) is 0.719. The molecule has 3 rings (SSSR count). The van der Waals surface area contributed by atoms with Crippen molar-refractivity contribution in [2.75, 3.05) is 11.1 Å². The zero-order chi connectivity index (χ0) is 21.3. The van der Waals surface area contributed by atoms with Gasteiger partial charge in [0.2, 0.25) is 0 Å². The maximum atomic E-state index is 13.5. The quantitative estimate of drug-likeness (QED) is 0.665. The van der Waals surface area contributed by atoms with E-state index in [-0.39, 0.29) is 27.6 Å². The summed E-state index contributed by atoms with van der Waals surface area (Å²) in [4.78, 5) is 24.8. The van der Waals surface area contributed by atoms with E-state index in [1.165, 1.54) is 39.5 Å². The Labute approximate surface area is 167 Å². The number of nitrogens with zero attached hydrogens (tertiary/aromatic N) is 2. The maximum absolute atomic E-state index is 13.5. The summed E-state index contributed by atoms with van der Waals surface area (Å²) in [6.45, 7) is 1.88. The molecule has 0 bridgehead atoms. The molecule has 1 heterocycles. The molecule has 7 nitrogen and oxygen atoms in total. The van der Waals surface area contributed by atoms with Crippen molar-refractivity contribution >= 4 is 32.5 Å². The summed E-state index contributed by atoms with van der Waals surface area (Å²) >= 11 is 0. The van der Waals surface area contributed by atoms with Gasteiger partial charge in [0, 0.05) is 19.7 Å². The van der Waals surface area contributed by atoms with Crippen molar-refractivity contribution in [3.63, 3.8) is 0 Å². The topological polar surface area (TPSA) is 90.2 Å². The van der Waals surface area contributed by atoms with Crippen LogP contribution < -0.4 is 11.0 Å². The number of anilines is 1. The number of aromatic nitrogens is 2. The predicted octanol–water partition coefficient (Wildman–Crippen LogP) is 2.84. The first-order chi connectivity index (χ1) is 13.7. The average molecular weight is 419 g/mol. The van der Waals surface area contributed by atoms with Crippen molar-refractivity contribution in [3.05, 3.63) is 58.3 Å². The van der Waals surface area contributed by atoms with Crippen molar-refractivity contribution in [1.29, 1.82) is 0 Å². The lowest BCUT2D eigenvalue weighted by Gasteiger charge is -2.13.